The molecule has 0 amide bonds. The molecule has 0 spiro atoms. The van der Waals surface area contributed by atoms with E-state index in [0.717, 1.165) is 6.07 Å². The highest BCUT2D eigenvalue weighted by molar-refractivity contribution is 6.33. The summed E-state index contributed by atoms with van der Waals surface area (Å²) in [7, 11) is 0. The molecule has 0 saturated heterocycles. The third-order valence-corrected chi connectivity index (χ3v) is 1.73. The van der Waals surface area contributed by atoms with Crippen LogP contribution in [0.25, 0.3) is 0 Å². The number of nitrogen functional groups attached to an aromatic ring is 1. The molecule has 0 aliphatic heterocycles. The van der Waals surface area contributed by atoms with Crippen molar-refractivity contribution in [1.82, 2.24) is 4.98 Å². The van der Waals surface area contributed by atoms with Crippen LogP contribution in [0.3, 0.4) is 0 Å². The Bertz CT molecular complexity index is 386. The van der Waals surface area contributed by atoms with Crippen molar-refractivity contribution in [3.63, 3.8) is 0 Å². The SMILES string of the molecule is Nc1c(Cl)cc([N+](=O)[O-])nc1C(F)F. The number of alkyl halides is 2. The van der Waals surface area contributed by atoms with E-state index in [4.69, 9.17) is 17.3 Å². The maximum absolute atomic E-state index is 12.2. The van der Waals surface area contributed by atoms with Gasteiger partial charge in [0.05, 0.1) is 11.1 Å². The Balaban J connectivity index is 3.35. The summed E-state index contributed by atoms with van der Waals surface area (Å²) in [5.41, 5.74) is 3.85. The summed E-state index contributed by atoms with van der Waals surface area (Å²) in [6.45, 7) is 0. The van der Waals surface area contributed by atoms with Crippen LogP contribution in [0.1, 0.15) is 12.1 Å². The van der Waals surface area contributed by atoms with Gasteiger partial charge in [0.1, 0.15) is 5.69 Å². The molecule has 0 fully saturated rings. The second kappa shape index (κ2) is 3.70. The van der Waals surface area contributed by atoms with Crippen molar-refractivity contribution in [2.45, 2.75) is 6.43 Å². The number of nitrogens with zero attached hydrogens (tertiary/aromatic N) is 2. The highest BCUT2D eigenvalue weighted by Gasteiger charge is 2.24. The van der Waals surface area contributed by atoms with E-state index in [-0.39, 0.29) is 5.02 Å². The predicted octanol–water partition coefficient (Wildman–Crippen LogP) is 2.16. The smallest absolute Gasteiger partial charge is 0.365 e. The first-order valence-corrected chi connectivity index (χ1v) is 3.69. The molecule has 0 bridgehead atoms. The first-order chi connectivity index (χ1) is 6.43. The molecule has 0 aliphatic rings. The molecule has 5 nitrogen and oxygen atoms in total. The molecule has 76 valence electrons. The third-order valence-electron chi connectivity index (χ3n) is 1.42. The van der Waals surface area contributed by atoms with Crippen LogP contribution in [0, 0.1) is 10.1 Å². The van der Waals surface area contributed by atoms with E-state index >= 15 is 0 Å². The monoisotopic (exact) mass is 223 g/mol. The Morgan fingerprint density at radius 1 is 1.64 bits per heavy atom. The summed E-state index contributed by atoms with van der Waals surface area (Å²) in [6.07, 6.45) is -2.99. The van der Waals surface area contributed by atoms with Gasteiger partial charge in [0.2, 0.25) is 5.69 Å². The van der Waals surface area contributed by atoms with Crippen molar-refractivity contribution in [2.24, 2.45) is 0 Å². The Morgan fingerprint density at radius 3 is 2.64 bits per heavy atom. The number of nitro groups is 1. The lowest BCUT2D eigenvalue weighted by Gasteiger charge is -2.01. The largest absolute Gasteiger partial charge is 0.394 e. The zero-order valence-electron chi connectivity index (χ0n) is 6.58. The van der Waals surface area contributed by atoms with E-state index in [0.29, 0.717) is 0 Å². The van der Waals surface area contributed by atoms with Gasteiger partial charge in [0.25, 0.3) is 0 Å². The summed E-state index contributed by atoms with van der Waals surface area (Å²) < 4.78 is 24.5. The fourth-order valence-electron chi connectivity index (χ4n) is 0.789. The lowest BCUT2D eigenvalue weighted by molar-refractivity contribution is -0.389. The van der Waals surface area contributed by atoms with Gasteiger partial charge in [-0.2, -0.15) is 0 Å². The number of hydrogen-bond acceptors (Lipinski definition) is 4. The van der Waals surface area contributed by atoms with Crippen LogP contribution in [-0.4, -0.2) is 9.91 Å². The lowest BCUT2D eigenvalue weighted by Crippen LogP contribution is -2.02. The molecule has 1 rings (SSSR count). The van der Waals surface area contributed by atoms with Crippen LogP contribution in [0.4, 0.5) is 20.3 Å². The average molecular weight is 224 g/mol. The minimum absolute atomic E-state index is 0.304. The third kappa shape index (κ3) is 1.87. The quantitative estimate of drug-likeness (QED) is 0.615. The predicted molar refractivity (Wildman–Crippen MR) is 45.3 cm³/mol. The summed E-state index contributed by atoms with van der Waals surface area (Å²) >= 11 is 5.40. The van der Waals surface area contributed by atoms with E-state index in [1.807, 2.05) is 0 Å². The first kappa shape index (κ1) is 10.6. The average Bonchev–Trinajstić information content (AvgIpc) is 2.08. The minimum Gasteiger partial charge on any atom is -0.394 e. The summed E-state index contributed by atoms with van der Waals surface area (Å²) in [6, 6.07) is 0.822. The number of hydrogen-bond donors (Lipinski definition) is 1. The summed E-state index contributed by atoms with van der Waals surface area (Å²) in [4.78, 5) is 12.4. The standard InChI is InChI=1S/C6H4ClF2N3O2/c7-2-1-3(12(13)14)11-5(4(2)10)6(8)9/h1,6H,10H2. The van der Waals surface area contributed by atoms with Gasteiger partial charge < -0.3 is 15.8 Å². The number of anilines is 1. The molecule has 0 radical (unpaired) electrons. The topological polar surface area (TPSA) is 82.0 Å². The van der Waals surface area contributed by atoms with E-state index < -0.39 is 28.5 Å². The molecule has 1 aromatic heterocycles. The fraction of sp³-hybridized carbons (Fsp3) is 0.167. The van der Waals surface area contributed by atoms with Gasteiger partial charge in [-0.05, 0) is 9.91 Å². The fourth-order valence-corrected chi connectivity index (χ4v) is 0.984. The first-order valence-electron chi connectivity index (χ1n) is 3.32. The molecule has 0 aromatic carbocycles. The molecular weight excluding hydrogens is 220 g/mol. The molecule has 8 heteroatoms. The van der Waals surface area contributed by atoms with Crippen LogP contribution in [0.5, 0.6) is 0 Å². The molecule has 0 atom stereocenters. The van der Waals surface area contributed by atoms with Crippen LogP contribution in [0.15, 0.2) is 6.07 Å². The number of halogens is 3. The Kier molecular flexibility index (Phi) is 2.80. The maximum atomic E-state index is 12.2. The van der Waals surface area contributed by atoms with Crippen molar-refractivity contribution in [3.05, 3.63) is 26.9 Å². The molecule has 0 unspecified atom stereocenters. The summed E-state index contributed by atoms with van der Waals surface area (Å²) in [5, 5.41) is 9.93. The second-order valence-electron chi connectivity index (χ2n) is 2.32. The highest BCUT2D eigenvalue weighted by atomic mass is 35.5. The highest BCUT2D eigenvalue weighted by Crippen LogP contribution is 2.31. The number of nitrogens with two attached hydrogens (primary N) is 1. The number of pyridine rings is 1. The van der Waals surface area contributed by atoms with Crippen molar-refractivity contribution < 1.29 is 13.7 Å². The van der Waals surface area contributed by atoms with Crippen molar-refractivity contribution in [3.8, 4) is 0 Å². The Morgan fingerprint density at radius 2 is 2.21 bits per heavy atom. The molecule has 1 aromatic rings. The molecule has 0 aliphatic carbocycles. The molecule has 0 saturated carbocycles. The Labute approximate surface area is 81.6 Å². The molecular formula is C6H4ClF2N3O2. The van der Waals surface area contributed by atoms with Gasteiger partial charge in [-0.25, -0.2) is 8.78 Å². The normalized spacial score (nSPS) is 10.6. The molecule has 1 heterocycles. The number of rotatable bonds is 2. The zero-order chi connectivity index (χ0) is 10.9. The maximum Gasteiger partial charge on any atom is 0.365 e. The van der Waals surface area contributed by atoms with Crippen molar-refractivity contribution >= 4 is 23.1 Å². The summed E-state index contributed by atoms with van der Waals surface area (Å²) in [5.74, 6) is -0.750. The number of aromatic nitrogens is 1. The van der Waals surface area contributed by atoms with Gasteiger partial charge in [-0.3, -0.25) is 0 Å². The zero-order valence-corrected chi connectivity index (χ0v) is 7.33. The van der Waals surface area contributed by atoms with Crippen LogP contribution in [0.2, 0.25) is 5.02 Å². The minimum atomic E-state index is -2.99. The lowest BCUT2D eigenvalue weighted by atomic mass is 10.3. The van der Waals surface area contributed by atoms with E-state index in [1.54, 1.807) is 0 Å². The van der Waals surface area contributed by atoms with Gasteiger partial charge in [0.15, 0.2) is 0 Å². The van der Waals surface area contributed by atoms with Crippen molar-refractivity contribution in [1.29, 1.82) is 0 Å². The van der Waals surface area contributed by atoms with E-state index in [9.17, 15) is 18.9 Å². The van der Waals surface area contributed by atoms with Gasteiger partial charge >= 0.3 is 12.2 Å². The second-order valence-corrected chi connectivity index (χ2v) is 2.73. The van der Waals surface area contributed by atoms with Crippen LogP contribution >= 0.6 is 11.6 Å². The van der Waals surface area contributed by atoms with Crippen LogP contribution in [-0.2, 0) is 0 Å². The van der Waals surface area contributed by atoms with E-state index in [2.05, 4.69) is 4.98 Å². The van der Waals surface area contributed by atoms with Gasteiger partial charge in [-0.15, -0.1) is 0 Å². The molecule has 14 heavy (non-hydrogen) atoms. The molecule has 2 N–H and O–H groups in total. The Hall–Kier alpha value is -1.50. The van der Waals surface area contributed by atoms with E-state index in [1.165, 1.54) is 0 Å². The van der Waals surface area contributed by atoms with Crippen LogP contribution < -0.4 is 5.73 Å². The van der Waals surface area contributed by atoms with Gasteiger partial charge in [0, 0.05) is 0 Å². The van der Waals surface area contributed by atoms with Crippen molar-refractivity contribution in [2.75, 3.05) is 5.73 Å². The van der Waals surface area contributed by atoms with Gasteiger partial charge in [-0.1, -0.05) is 11.6 Å².